The molecule has 0 saturated heterocycles. The standard InChI is InChI=1S/C16H20/c1-11-5-6-12(2)15(11)9-10-16-13(3)7-8-14(16)4/h5-8H,9-10H2,1-4H3. The summed E-state index contributed by atoms with van der Waals surface area (Å²) in [5.41, 5.74) is 0. The first-order valence-electron chi connectivity index (χ1n) is 6.03. The molecule has 0 heterocycles. The van der Waals surface area contributed by atoms with Gasteiger partial charge in [0.05, 0.1) is 0 Å². The van der Waals surface area contributed by atoms with Gasteiger partial charge in [-0.05, 0) is 74.0 Å². The van der Waals surface area contributed by atoms with Gasteiger partial charge in [0.15, 0.2) is 0 Å². The fraction of sp³-hybridized carbons (Fsp3) is 0.375. The minimum atomic E-state index is 1.18. The van der Waals surface area contributed by atoms with E-state index in [4.69, 9.17) is 0 Å². The molecule has 0 bridgehead atoms. The van der Waals surface area contributed by atoms with Crippen LogP contribution in [0.25, 0.3) is 0 Å². The summed E-state index contributed by atoms with van der Waals surface area (Å²) in [5.74, 6) is 8.86. The van der Waals surface area contributed by atoms with E-state index in [1.165, 1.54) is 36.5 Å². The van der Waals surface area contributed by atoms with Crippen LogP contribution in [0, 0.1) is 61.2 Å². The van der Waals surface area contributed by atoms with Crippen LogP contribution in [0.4, 0.5) is 0 Å². The average molecular weight is 212 g/mol. The number of hydrogen-bond acceptors (Lipinski definition) is 0. The third kappa shape index (κ3) is 2.46. The predicted molar refractivity (Wildman–Crippen MR) is 68.6 cm³/mol. The van der Waals surface area contributed by atoms with Crippen molar-refractivity contribution in [1.29, 1.82) is 0 Å². The molecule has 0 heteroatoms. The summed E-state index contributed by atoms with van der Waals surface area (Å²) < 4.78 is 0. The van der Waals surface area contributed by atoms with Crippen LogP contribution < -0.4 is 0 Å². The highest BCUT2D eigenvalue weighted by atomic mass is 14.4. The molecule has 0 amide bonds. The maximum absolute atomic E-state index is 2.23. The van der Waals surface area contributed by atoms with E-state index in [-0.39, 0.29) is 0 Å². The lowest BCUT2D eigenvalue weighted by Gasteiger charge is -2.23. The van der Waals surface area contributed by atoms with E-state index in [1.807, 2.05) is 0 Å². The van der Waals surface area contributed by atoms with Crippen LogP contribution in [0.15, 0.2) is 0 Å². The van der Waals surface area contributed by atoms with Gasteiger partial charge < -0.3 is 0 Å². The molecule has 0 N–H and O–H groups in total. The summed E-state index contributed by atoms with van der Waals surface area (Å²) >= 11 is 0. The Balaban J connectivity index is 1.82. The molecular formula is C16H20. The number of hydrogen-bond donors (Lipinski definition) is 0. The summed E-state index contributed by atoms with van der Waals surface area (Å²) in [6, 6.07) is 0. The SMILES string of the molecule is C[C]1[CH][CH][C](C)[C]1CC[C]1[C](C)[CH][CH][C]1C. The van der Waals surface area contributed by atoms with Gasteiger partial charge in [-0.3, -0.25) is 0 Å². The zero-order chi connectivity index (χ0) is 11.7. The molecule has 2 fully saturated rings. The molecule has 0 aromatic heterocycles. The molecule has 2 aliphatic carbocycles. The van der Waals surface area contributed by atoms with Crippen molar-refractivity contribution < 1.29 is 0 Å². The normalized spacial score (nSPS) is 28.5. The summed E-state index contributed by atoms with van der Waals surface area (Å²) in [6.07, 6.45) is 11.3. The second-order valence-electron chi connectivity index (χ2n) is 4.86. The molecule has 2 rings (SSSR count). The molecule has 2 saturated carbocycles. The maximum atomic E-state index is 2.23. The molecular weight excluding hydrogens is 192 g/mol. The maximum Gasteiger partial charge on any atom is -0.0105 e. The second-order valence-corrected chi connectivity index (χ2v) is 4.86. The predicted octanol–water partition coefficient (Wildman–Crippen LogP) is 4.14. The molecule has 0 atom stereocenters. The average Bonchev–Trinajstić information content (AvgIpc) is 2.72. The first-order chi connectivity index (χ1) is 7.59. The Morgan fingerprint density at radius 3 is 1.06 bits per heavy atom. The lowest BCUT2D eigenvalue weighted by Crippen LogP contribution is -2.11. The smallest absolute Gasteiger partial charge is 0.0105 e. The molecule has 2 aliphatic rings. The van der Waals surface area contributed by atoms with Gasteiger partial charge in [0.2, 0.25) is 0 Å². The van der Waals surface area contributed by atoms with Crippen LogP contribution in [0.3, 0.4) is 0 Å². The zero-order valence-corrected chi connectivity index (χ0v) is 10.7. The molecule has 0 nitrogen and oxygen atoms in total. The van der Waals surface area contributed by atoms with E-state index in [2.05, 4.69) is 53.4 Å². The van der Waals surface area contributed by atoms with Crippen LogP contribution in [-0.2, 0) is 0 Å². The van der Waals surface area contributed by atoms with Crippen LogP contribution in [0.5, 0.6) is 0 Å². The third-order valence-corrected chi connectivity index (χ3v) is 3.70. The molecule has 0 aromatic carbocycles. The van der Waals surface area contributed by atoms with Crippen molar-refractivity contribution in [2.45, 2.75) is 40.5 Å². The minimum Gasteiger partial charge on any atom is -0.0582 e. The van der Waals surface area contributed by atoms with Gasteiger partial charge in [-0.1, -0.05) is 27.7 Å². The molecule has 0 aliphatic heterocycles. The van der Waals surface area contributed by atoms with Gasteiger partial charge in [-0.15, -0.1) is 0 Å². The molecule has 0 spiro atoms. The Labute approximate surface area is 102 Å². The van der Waals surface area contributed by atoms with Crippen molar-refractivity contribution in [3.63, 3.8) is 0 Å². The van der Waals surface area contributed by atoms with Crippen LogP contribution in [-0.4, -0.2) is 0 Å². The quantitative estimate of drug-likeness (QED) is 0.659. The summed E-state index contributed by atoms with van der Waals surface area (Å²) in [7, 11) is 0. The van der Waals surface area contributed by atoms with Crippen LogP contribution in [0.2, 0.25) is 0 Å². The van der Waals surface area contributed by atoms with Crippen LogP contribution >= 0.6 is 0 Å². The fourth-order valence-corrected chi connectivity index (χ4v) is 2.56. The van der Waals surface area contributed by atoms with Gasteiger partial charge in [-0.2, -0.15) is 0 Å². The van der Waals surface area contributed by atoms with E-state index in [9.17, 15) is 0 Å². The first kappa shape index (κ1) is 12.5. The second kappa shape index (κ2) is 5.10. The van der Waals surface area contributed by atoms with E-state index >= 15 is 0 Å². The zero-order valence-electron chi connectivity index (χ0n) is 10.7. The summed E-state index contributed by atoms with van der Waals surface area (Å²) in [5, 5.41) is 0. The lowest BCUT2D eigenvalue weighted by atomic mass is 9.80. The van der Waals surface area contributed by atoms with Crippen molar-refractivity contribution in [3.8, 4) is 0 Å². The van der Waals surface area contributed by atoms with E-state index in [0.717, 1.165) is 0 Å². The van der Waals surface area contributed by atoms with Gasteiger partial charge in [0.1, 0.15) is 0 Å². The van der Waals surface area contributed by atoms with Crippen molar-refractivity contribution >= 4 is 0 Å². The highest BCUT2D eigenvalue weighted by molar-refractivity contribution is 5.51. The molecule has 0 aromatic rings. The van der Waals surface area contributed by atoms with Crippen molar-refractivity contribution in [2.75, 3.05) is 0 Å². The monoisotopic (exact) mass is 212 g/mol. The largest absolute Gasteiger partial charge is 0.0582 e. The fourth-order valence-electron chi connectivity index (χ4n) is 2.56. The van der Waals surface area contributed by atoms with Crippen molar-refractivity contribution in [2.24, 2.45) is 0 Å². The van der Waals surface area contributed by atoms with E-state index < -0.39 is 0 Å². The highest BCUT2D eigenvalue weighted by Gasteiger charge is 2.36. The highest BCUT2D eigenvalue weighted by Crippen LogP contribution is 2.48. The van der Waals surface area contributed by atoms with Crippen molar-refractivity contribution in [1.82, 2.24) is 0 Å². The molecule has 0 unspecified atom stereocenters. The molecule has 10 radical (unpaired) electrons. The van der Waals surface area contributed by atoms with E-state index in [1.54, 1.807) is 11.8 Å². The van der Waals surface area contributed by atoms with E-state index in [0.29, 0.717) is 0 Å². The minimum absolute atomic E-state index is 1.18. The Bertz CT molecular complexity index is 176. The van der Waals surface area contributed by atoms with Gasteiger partial charge in [0.25, 0.3) is 0 Å². The van der Waals surface area contributed by atoms with Gasteiger partial charge in [0, 0.05) is 0 Å². The topological polar surface area (TPSA) is 0 Å². The third-order valence-electron chi connectivity index (χ3n) is 3.70. The summed E-state index contributed by atoms with van der Waals surface area (Å²) in [4.78, 5) is 0. The van der Waals surface area contributed by atoms with Crippen LogP contribution in [0.1, 0.15) is 40.5 Å². The Morgan fingerprint density at radius 1 is 0.562 bits per heavy atom. The Kier molecular flexibility index (Phi) is 3.97. The van der Waals surface area contributed by atoms with Gasteiger partial charge in [-0.25, -0.2) is 0 Å². The number of rotatable bonds is 3. The Morgan fingerprint density at radius 2 is 0.812 bits per heavy atom. The van der Waals surface area contributed by atoms with Crippen molar-refractivity contribution in [3.05, 3.63) is 61.2 Å². The van der Waals surface area contributed by atoms with Gasteiger partial charge >= 0.3 is 0 Å². The molecule has 16 heavy (non-hydrogen) atoms. The Hall–Kier alpha value is 0. The lowest BCUT2D eigenvalue weighted by molar-refractivity contribution is 0.736. The summed E-state index contributed by atoms with van der Waals surface area (Å²) in [6.45, 7) is 8.86. The first-order valence-corrected chi connectivity index (χ1v) is 6.03. The molecule has 84 valence electrons.